The van der Waals surface area contributed by atoms with E-state index in [1.807, 2.05) is 6.92 Å². The second-order valence-corrected chi connectivity index (χ2v) is 5.75. The molecular formula is C15H24O2. The SMILES string of the molecule is COC(=O)C(C)CCCCC1CC2C=CC1C2. The maximum absolute atomic E-state index is 11.2. The van der Waals surface area contributed by atoms with Gasteiger partial charge in [0.2, 0.25) is 0 Å². The summed E-state index contributed by atoms with van der Waals surface area (Å²) >= 11 is 0. The standard InChI is InChI=1S/C15H24O2/c1-11(15(16)17-2)5-3-4-6-13-9-12-7-8-14(13)10-12/h7-8,11-14H,3-6,9-10H2,1-2H3. The normalized spacial score (nSPS) is 31.8. The lowest BCUT2D eigenvalue weighted by Gasteiger charge is -2.18. The molecule has 0 heterocycles. The number of carbonyl (C=O) groups excluding carboxylic acids is 1. The van der Waals surface area contributed by atoms with Gasteiger partial charge in [0.25, 0.3) is 0 Å². The summed E-state index contributed by atoms with van der Waals surface area (Å²) in [6.45, 7) is 1.96. The van der Waals surface area contributed by atoms with E-state index in [0.29, 0.717) is 0 Å². The van der Waals surface area contributed by atoms with Crippen LogP contribution >= 0.6 is 0 Å². The van der Waals surface area contributed by atoms with Crippen molar-refractivity contribution in [2.24, 2.45) is 23.7 Å². The van der Waals surface area contributed by atoms with Crippen molar-refractivity contribution in [1.29, 1.82) is 0 Å². The molecule has 2 aliphatic rings. The van der Waals surface area contributed by atoms with Gasteiger partial charge in [-0.1, -0.05) is 31.9 Å². The van der Waals surface area contributed by atoms with Gasteiger partial charge >= 0.3 is 5.97 Å². The van der Waals surface area contributed by atoms with Crippen molar-refractivity contribution >= 4 is 5.97 Å². The molecule has 17 heavy (non-hydrogen) atoms. The number of fused-ring (bicyclic) bond motifs is 2. The third kappa shape index (κ3) is 3.11. The lowest BCUT2D eigenvalue weighted by Crippen LogP contribution is -2.12. The molecule has 0 amide bonds. The Bertz CT molecular complexity index is 295. The summed E-state index contributed by atoms with van der Waals surface area (Å²) in [4.78, 5) is 11.2. The van der Waals surface area contributed by atoms with Crippen molar-refractivity contribution < 1.29 is 9.53 Å². The van der Waals surface area contributed by atoms with Gasteiger partial charge < -0.3 is 4.74 Å². The Morgan fingerprint density at radius 1 is 1.35 bits per heavy atom. The number of methoxy groups -OCH3 is 1. The summed E-state index contributed by atoms with van der Waals surface area (Å²) < 4.78 is 4.73. The van der Waals surface area contributed by atoms with Crippen LogP contribution in [0.2, 0.25) is 0 Å². The maximum atomic E-state index is 11.2. The van der Waals surface area contributed by atoms with Crippen LogP contribution < -0.4 is 0 Å². The van der Waals surface area contributed by atoms with Crippen LogP contribution in [0.1, 0.15) is 45.4 Å². The minimum atomic E-state index is -0.0622. The molecule has 0 N–H and O–H groups in total. The first-order valence-corrected chi connectivity index (χ1v) is 6.97. The molecule has 2 aliphatic carbocycles. The highest BCUT2D eigenvalue weighted by atomic mass is 16.5. The van der Waals surface area contributed by atoms with Gasteiger partial charge in [0.05, 0.1) is 13.0 Å². The number of esters is 1. The maximum Gasteiger partial charge on any atom is 0.308 e. The fourth-order valence-electron chi connectivity index (χ4n) is 3.40. The van der Waals surface area contributed by atoms with E-state index in [-0.39, 0.29) is 11.9 Å². The Hall–Kier alpha value is -0.790. The molecule has 0 radical (unpaired) electrons. The van der Waals surface area contributed by atoms with Crippen molar-refractivity contribution in [3.63, 3.8) is 0 Å². The van der Waals surface area contributed by atoms with E-state index in [1.165, 1.54) is 32.8 Å². The van der Waals surface area contributed by atoms with Crippen molar-refractivity contribution in [2.45, 2.75) is 45.4 Å². The molecule has 2 heteroatoms. The average molecular weight is 236 g/mol. The van der Waals surface area contributed by atoms with E-state index in [0.717, 1.165) is 30.6 Å². The Balaban J connectivity index is 1.58. The zero-order valence-corrected chi connectivity index (χ0v) is 11.0. The van der Waals surface area contributed by atoms with Gasteiger partial charge in [0.15, 0.2) is 0 Å². The van der Waals surface area contributed by atoms with Gasteiger partial charge in [0.1, 0.15) is 0 Å². The molecule has 0 aliphatic heterocycles. The minimum absolute atomic E-state index is 0.0622. The van der Waals surface area contributed by atoms with Crippen LogP contribution in [0.5, 0.6) is 0 Å². The van der Waals surface area contributed by atoms with Crippen LogP contribution in [0.15, 0.2) is 12.2 Å². The number of carbonyl (C=O) groups is 1. The van der Waals surface area contributed by atoms with Crippen molar-refractivity contribution in [2.75, 3.05) is 7.11 Å². The van der Waals surface area contributed by atoms with E-state index in [2.05, 4.69) is 12.2 Å². The van der Waals surface area contributed by atoms with Crippen LogP contribution in [0, 0.1) is 23.7 Å². The molecule has 96 valence electrons. The summed E-state index contributed by atoms with van der Waals surface area (Å²) in [5.74, 6) is 2.70. The Kier molecular flexibility index (Phi) is 4.25. The molecule has 2 bridgehead atoms. The molecule has 4 unspecified atom stereocenters. The van der Waals surface area contributed by atoms with E-state index < -0.39 is 0 Å². The largest absolute Gasteiger partial charge is 0.469 e. The Labute approximate surface area is 104 Å². The number of hydrogen-bond acceptors (Lipinski definition) is 2. The summed E-state index contributed by atoms with van der Waals surface area (Å²) in [6.07, 6.45) is 12.4. The molecule has 2 rings (SSSR count). The smallest absolute Gasteiger partial charge is 0.308 e. The highest BCUT2D eigenvalue weighted by molar-refractivity contribution is 5.71. The topological polar surface area (TPSA) is 26.3 Å². The van der Waals surface area contributed by atoms with Crippen LogP contribution in [0.3, 0.4) is 0 Å². The monoisotopic (exact) mass is 236 g/mol. The van der Waals surface area contributed by atoms with Crippen LogP contribution in [0.4, 0.5) is 0 Å². The van der Waals surface area contributed by atoms with Gasteiger partial charge in [-0.3, -0.25) is 4.79 Å². The number of unbranched alkanes of at least 4 members (excludes halogenated alkanes) is 1. The lowest BCUT2D eigenvalue weighted by molar-refractivity contribution is -0.145. The fraction of sp³-hybridized carbons (Fsp3) is 0.800. The molecule has 4 atom stereocenters. The summed E-state index contributed by atoms with van der Waals surface area (Å²) in [6, 6.07) is 0. The van der Waals surface area contributed by atoms with Gasteiger partial charge in [0, 0.05) is 0 Å². The predicted octanol–water partition coefficient (Wildman–Crippen LogP) is 3.57. The van der Waals surface area contributed by atoms with Crippen molar-refractivity contribution in [1.82, 2.24) is 0 Å². The predicted molar refractivity (Wildman–Crippen MR) is 68.5 cm³/mol. The van der Waals surface area contributed by atoms with Gasteiger partial charge in [-0.2, -0.15) is 0 Å². The van der Waals surface area contributed by atoms with Crippen LogP contribution in [-0.4, -0.2) is 13.1 Å². The molecule has 1 fully saturated rings. The third-order valence-electron chi connectivity index (χ3n) is 4.48. The van der Waals surface area contributed by atoms with E-state index in [4.69, 9.17) is 4.74 Å². The molecule has 0 aromatic carbocycles. The lowest BCUT2D eigenvalue weighted by atomic mass is 9.88. The molecule has 2 nitrogen and oxygen atoms in total. The first kappa shape index (κ1) is 12.7. The quantitative estimate of drug-likeness (QED) is 0.400. The second kappa shape index (κ2) is 5.70. The van der Waals surface area contributed by atoms with Crippen LogP contribution in [-0.2, 0) is 9.53 Å². The molecule has 0 spiro atoms. The molecule has 0 aromatic rings. The Morgan fingerprint density at radius 2 is 2.18 bits per heavy atom. The summed E-state index contributed by atoms with van der Waals surface area (Å²) in [5, 5.41) is 0. The first-order valence-electron chi connectivity index (χ1n) is 6.97. The molecule has 1 saturated carbocycles. The summed E-state index contributed by atoms with van der Waals surface area (Å²) in [5.41, 5.74) is 0. The molecule has 0 saturated heterocycles. The molecule has 0 aromatic heterocycles. The number of hydrogen-bond donors (Lipinski definition) is 0. The van der Waals surface area contributed by atoms with Crippen molar-refractivity contribution in [3.8, 4) is 0 Å². The highest BCUT2D eigenvalue weighted by Gasteiger charge is 2.34. The average Bonchev–Trinajstić information content (AvgIpc) is 2.95. The Morgan fingerprint density at radius 3 is 2.76 bits per heavy atom. The van der Waals surface area contributed by atoms with E-state index in [9.17, 15) is 4.79 Å². The minimum Gasteiger partial charge on any atom is -0.469 e. The second-order valence-electron chi connectivity index (χ2n) is 5.75. The van der Waals surface area contributed by atoms with Crippen LogP contribution in [0.25, 0.3) is 0 Å². The number of rotatable bonds is 6. The van der Waals surface area contributed by atoms with Crippen molar-refractivity contribution in [3.05, 3.63) is 12.2 Å². The summed E-state index contributed by atoms with van der Waals surface area (Å²) in [7, 11) is 1.47. The number of ether oxygens (including phenoxy) is 1. The van der Waals surface area contributed by atoms with Gasteiger partial charge in [-0.25, -0.2) is 0 Å². The van der Waals surface area contributed by atoms with Gasteiger partial charge in [-0.05, 0) is 43.4 Å². The first-order chi connectivity index (χ1) is 8.20. The third-order valence-corrected chi connectivity index (χ3v) is 4.48. The van der Waals surface area contributed by atoms with Gasteiger partial charge in [-0.15, -0.1) is 0 Å². The van der Waals surface area contributed by atoms with E-state index in [1.54, 1.807) is 0 Å². The fourth-order valence-corrected chi connectivity index (χ4v) is 3.40. The van der Waals surface area contributed by atoms with E-state index >= 15 is 0 Å². The number of allylic oxidation sites excluding steroid dienone is 2. The zero-order chi connectivity index (χ0) is 12.3. The molecular weight excluding hydrogens is 212 g/mol. The zero-order valence-electron chi connectivity index (χ0n) is 11.0. The highest BCUT2D eigenvalue weighted by Crippen LogP contribution is 2.45.